The molecule has 0 unspecified atom stereocenters. The number of epoxide rings is 1. The fraction of sp³-hybridized carbons (Fsp3) is 0.500. The van der Waals surface area contributed by atoms with Crippen LogP contribution in [0.15, 0.2) is 30.3 Å². The standard InChI is InChI=1S/C14H18O3/c1-2-16-13(15)14(11-17-14)10-6-9-12-7-4-3-5-8-12/h3-5,7-8H,2,6,9-11H2,1H3/t14-/m0/s1. The molecule has 0 amide bonds. The van der Waals surface area contributed by atoms with Crippen molar-refractivity contribution in [3.8, 4) is 0 Å². The minimum Gasteiger partial charge on any atom is -0.464 e. The van der Waals surface area contributed by atoms with Gasteiger partial charge in [-0.15, -0.1) is 0 Å². The third-order valence-electron chi connectivity index (χ3n) is 3.03. The molecule has 1 aromatic carbocycles. The maximum atomic E-state index is 11.6. The summed E-state index contributed by atoms with van der Waals surface area (Å²) < 4.78 is 10.3. The van der Waals surface area contributed by atoms with E-state index < -0.39 is 5.60 Å². The molecule has 1 aliphatic rings. The molecule has 1 aliphatic heterocycles. The van der Waals surface area contributed by atoms with Gasteiger partial charge in [0.2, 0.25) is 0 Å². The third-order valence-corrected chi connectivity index (χ3v) is 3.03. The molecule has 92 valence electrons. The van der Waals surface area contributed by atoms with Crippen molar-refractivity contribution < 1.29 is 14.3 Å². The molecule has 17 heavy (non-hydrogen) atoms. The van der Waals surface area contributed by atoms with Crippen molar-refractivity contribution in [2.45, 2.75) is 31.8 Å². The molecule has 2 rings (SSSR count). The van der Waals surface area contributed by atoms with Gasteiger partial charge in [0, 0.05) is 0 Å². The lowest BCUT2D eigenvalue weighted by molar-refractivity contribution is -0.149. The second kappa shape index (κ2) is 5.32. The van der Waals surface area contributed by atoms with Crippen LogP contribution in [-0.4, -0.2) is 24.8 Å². The highest BCUT2D eigenvalue weighted by Gasteiger charge is 2.52. The number of hydrogen-bond donors (Lipinski definition) is 0. The van der Waals surface area contributed by atoms with Crippen molar-refractivity contribution in [2.24, 2.45) is 0 Å². The van der Waals surface area contributed by atoms with Gasteiger partial charge < -0.3 is 9.47 Å². The molecule has 0 saturated carbocycles. The first-order chi connectivity index (χ1) is 8.27. The lowest BCUT2D eigenvalue weighted by Crippen LogP contribution is -2.27. The Morgan fingerprint density at radius 2 is 2.12 bits per heavy atom. The molecule has 0 N–H and O–H groups in total. The average molecular weight is 234 g/mol. The topological polar surface area (TPSA) is 38.8 Å². The molecule has 0 spiro atoms. The number of benzene rings is 1. The average Bonchev–Trinajstić information content (AvgIpc) is 3.12. The van der Waals surface area contributed by atoms with Crippen LogP contribution in [0.4, 0.5) is 0 Å². The lowest BCUT2D eigenvalue weighted by atomic mass is 10.0. The molecule has 1 atom stereocenters. The Morgan fingerprint density at radius 3 is 2.71 bits per heavy atom. The van der Waals surface area contributed by atoms with E-state index in [-0.39, 0.29) is 5.97 Å². The van der Waals surface area contributed by atoms with Crippen molar-refractivity contribution in [2.75, 3.05) is 13.2 Å². The number of aryl methyl sites for hydroxylation is 1. The summed E-state index contributed by atoms with van der Waals surface area (Å²) in [7, 11) is 0. The molecule has 1 heterocycles. The van der Waals surface area contributed by atoms with E-state index in [9.17, 15) is 4.79 Å². The molecular formula is C14H18O3. The predicted octanol–water partition coefficient (Wildman–Crippen LogP) is 2.34. The molecular weight excluding hydrogens is 216 g/mol. The number of hydrogen-bond acceptors (Lipinski definition) is 3. The van der Waals surface area contributed by atoms with E-state index in [0.717, 1.165) is 19.3 Å². The van der Waals surface area contributed by atoms with Crippen molar-refractivity contribution in [1.29, 1.82) is 0 Å². The Bertz CT molecular complexity index is 368. The quantitative estimate of drug-likeness (QED) is 0.560. The zero-order valence-electron chi connectivity index (χ0n) is 10.1. The van der Waals surface area contributed by atoms with Gasteiger partial charge in [0.15, 0.2) is 5.60 Å². The van der Waals surface area contributed by atoms with Crippen molar-refractivity contribution in [3.05, 3.63) is 35.9 Å². The fourth-order valence-corrected chi connectivity index (χ4v) is 1.94. The van der Waals surface area contributed by atoms with Gasteiger partial charge in [-0.05, 0) is 31.7 Å². The molecule has 1 aromatic rings. The zero-order chi connectivity index (χ0) is 12.1. The van der Waals surface area contributed by atoms with E-state index in [4.69, 9.17) is 9.47 Å². The minimum atomic E-state index is -0.620. The Kier molecular flexibility index (Phi) is 3.79. The van der Waals surface area contributed by atoms with Gasteiger partial charge in [0.25, 0.3) is 0 Å². The van der Waals surface area contributed by atoms with Gasteiger partial charge in [0.1, 0.15) is 0 Å². The Labute approximate surface area is 102 Å². The van der Waals surface area contributed by atoms with Crippen LogP contribution in [0.3, 0.4) is 0 Å². The molecule has 0 aromatic heterocycles. The van der Waals surface area contributed by atoms with Gasteiger partial charge in [0.05, 0.1) is 13.2 Å². The first-order valence-electron chi connectivity index (χ1n) is 6.12. The molecule has 0 aliphatic carbocycles. The molecule has 3 nitrogen and oxygen atoms in total. The normalized spacial score (nSPS) is 22.2. The maximum absolute atomic E-state index is 11.6. The second-order valence-corrected chi connectivity index (χ2v) is 4.34. The molecule has 1 fully saturated rings. The van der Waals surface area contributed by atoms with Crippen LogP contribution in [-0.2, 0) is 20.7 Å². The van der Waals surface area contributed by atoms with E-state index in [1.54, 1.807) is 0 Å². The molecule has 0 bridgehead atoms. The summed E-state index contributed by atoms with van der Waals surface area (Å²) in [6.45, 7) is 2.75. The minimum absolute atomic E-state index is 0.201. The highest BCUT2D eigenvalue weighted by molar-refractivity contribution is 5.82. The summed E-state index contributed by atoms with van der Waals surface area (Å²) in [5, 5.41) is 0. The van der Waals surface area contributed by atoms with Crippen LogP contribution in [0, 0.1) is 0 Å². The molecule has 0 radical (unpaired) electrons. The van der Waals surface area contributed by atoms with Gasteiger partial charge in [-0.25, -0.2) is 4.79 Å². The number of ether oxygens (including phenoxy) is 2. The van der Waals surface area contributed by atoms with Crippen molar-refractivity contribution >= 4 is 5.97 Å². The maximum Gasteiger partial charge on any atom is 0.340 e. The Morgan fingerprint density at radius 1 is 1.41 bits per heavy atom. The summed E-state index contributed by atoms with van der Waals surface area (Å²) in [5.74, 6) is -0.201. The van der Waals surface area contributed by atoms with Gasteiger partial charge in [-0.3, -0.25) is 0 Å². The van der Waals surface area contributed by atoms with Gasteiger partial charge in [-0.2, -0.15) is 0 Å². The lowest BCUT2D eigenvalue weighted by Gasteiger charge is -2.10. The fourth-order valence-electron chi connectivity index (χ4n) is 1.94. The van der Waals surface area contributed by atoms with E-state index >= 15 is 0 Å². The summed E-state index contributed by atoms with van der Waals surface area (Å²) >= 11 is 0. The van der Waals surface area contributed by atoms with Crippen LogP contribution in [0.5, 0.6) is 0 Å². The largest absolute Gasteiger partial charge is 0.464 e. The molecule has 1 saturated heterocycles. The highest BCUT2D eigenvalue weighted by Crippen LogP contribution is 2.34. The van der Waals surface area contributed by atoms with Gasteiger partial charge >= 0.3 is 5.97 Å². The third kappa shape index (κ3) is 3.07. The van der Waals surface area contributed by atoms with Crippen LogP contribution in [0.2, 0.25) is 0 Å². The summed E-state index contributed by atoms with van der Waals surface area (Å²) in [6, 6.07) is 10.3. The summed E-state index contributed by atoms with van der Waals surface area (Å²) in [4.78, 5) is 11.6. The van der Waals surface area contributed by atoms with Gasteiger partial charge in [-0.1, -0.05) is 30.3 Å². The number of carbonyl (C=O) groups excluding carboxylic acids is 1. The van der Waals surface area contributed by atoms with Crippen molar-refractivity contribution in [3.63, 3.8) is 0 Å². The van der Waals surface area contributed by atoms with Crippen LogP contribution >= 0.6 is 0 Å². The monoisotopic (exact) mass is 234 g/mol. The van der Waals surface area contributed by atoms with E-state index in [0.29, 0.717) is 13.2 Å². The smallest absolute Gasteiger partial charge is 0.340 e. The zero-order valence-corrected chi connectivity index (χ0v) is 10.1. The SMILES string of the molecule is CCOC(=O)[C@]1(CCCc2ccccc2)CO1. The highest BCUT2D eigenvalue weighted by atomic mass is 16.6. The Balaban J connectivity index is 1.77. The number of carbonyl (C=O) groups is 1. The van der Waals surface area contributed by atoms with Crippen LogP contribution in [0.1, 0.15) is 25.3 Å². The van der Waals surface area contributed by atoms with Crippen molar-refractivity contribution in [1.82, 2.24) is 0 Å². The molecule has 3 heteroatoms. The van der Waals surface area contributed by atoms with E-state index in [1.165, 1.54) is 5.56 Å². The first kappa shape index (κ1) is 12.1. The number of rotatable bonds is 6. The van der Waals surface area contributed by atoms with Crippen LogP contribution in [0.25, 0.3) is 0 Å². The number of esters is 1. The second-order valence-electron chi connectivity index (χ2n) is 4.34. The summed E-state index contributed by atoms with van der Waals surface area (Å²) in [5.41, 5.74) is 0.678. The first-order valence-corrected chi connectivity index (χ1v) is 6.12. The van der Waals surface area contributed by atoms with E-state index in [2.05, 4.69) is 12.1 Å². The predicted molar refractivity (Wildman–Crippen MR) is 64.7 cm³/mol. The summed E-state index contributed by atoms with van der Waals surface area (Å²) in [6.07, 6.45) is 2.68. The van der Waals surface area contributed by atoms with Crippen LogP contribution < -0.4 is 0 Å². The van der Waals surface area contributed by atoms with E-state index in [1.807, 2.05) is 25.1 Å². The Hall–Kier alpha value is -1.35.